The van der Waals surface area contributed by atoms with Gasteiger partial charge in [-0.05, 0) is 5.56 Å². The van der Waals surface area contributed by atoms with Crippen LogP contribution >= 0.6 is 0 Å². The quantitative estimate of drug-likeness (QED) is 0.477. The summed E-state index contributed by atoms with van der Waals surface area (Å²) < 4.78 is 74.5. The number of rotatable bonds is 3. The van der Waals surface area contributed by atoms with E-state index in [0.29, 0.717) is 31.9 Å². The first-order chi connectivity index (χ1) is 11.5. The number of halogens is 5. The van der Waals surface area contributed by atoms with Crippen molar-refractivity contribution >= 4 is 0 Å². The minimum Gasteiger partial charge on any atom is -0.379 e. The van der Waals surface area contributed by atoms with Crippen molar-refractivity contribution in [1.29, 1.82) is 0 Å². The van der Waals surface area contributed by atoms with Crippen LogP contribution in [-0.2, 0) is 4.74 Å². The van der Waals surface area contributed by atoms with Crippen molar-refractivity contribution in [1.82, 2.24) is 4.90 Å². The standard InChI is InChI=1S/C17H14F5NO/c18-12-11(13(19)15(21)16(22)14(12)20)17(10-4-2-1-3-5-10)23-6-8-24-9-7-23/h1-5,17H,6-9H2. The van der Waals surface area contributed by atoms with Gasteiger partial charge in [0, 0.05) is 13.1 Å². The van der Waals surface area contributed by atoms with Crippen LogP contribution < -0.4 is 0 Å². The Morgan fingerprint density at radius 3 is 1.79 bits per heavy atom. The molecule has 1 unspecified atom stereocenters. The molecule has 2 nitrogen and oxygen atoms in total. The molecule has 1 heterocycles. The topological polar surface area (TPSA) is 12.5 Å². The highest BCUT2D eigenvalue weighted by Gasteiger charge is 2.34. The molecule has 0 saturated carbocycles. The monoisotopic (exact) mass is 343 g/mol. The van der Waals surface area contributed by atoms with Gasteiger partial charge in [0.05, 0.1) is 24.8 Å². The van der Waals surface area contributed by atoms with Crippen LogP contribution in [0.5, 0.6) is 0 Å². The van der Waals surface area contributed by atoms with Gasteiger partial charge in [0.25, 0.3) is 0 Å². The van der Waals surface area contributed by atoms with E-state index in [-0.39, 0.29) is 0 Å². The average Bonchev–Trinajstić information content (AvgIpc) is 2.63. The minimum atomic E-state index is -2.15. The molecule has 1 atom stereocenters. The van der Waals surface area contributed by atoms with Crippen molar-refractivity contribution < 1.29 is 26.7 Å². The predicted octanol–water partition coefficient (Wildman–Crippen LogP) is 3.80. The van der Waals surface area contributed by atoms with E-state index in [1.165, 1.54) is 0 Å². The molecule has 0 radical (unpaired) electrons. The second-order valence-corrected chi connectivity index (χ2v) is 5.45. The highest BCUT2D eigenvalue weighted by molar-refractivity contribution is 5.35. The van der Waals surface area contributed by atoms with Crippen LogP contribution in [0.1, 0.15) is 17.2 Å². The molecule has 0 bridgehead atoms. The van der Waals surface area contributed by atoms with Gasteiger partial charge < -0.3 is 4.74 Å². The highest BCUT2D eigenvalue weighted by Crippen LogP contribution is 2.35. The summed E-state index contributed by atoms with van der Waals surface area (Å²) in [6.07, 6.45) is 0. The number of morpholine rings is 1. The molecule has 0 aromatic heterocycles. The van der Waals surface area contributed by atoms with Crippen molar-refractivity contribution in [2.24, 2.45) is 0 Å². The lowest BCUT2D eigenvalue weighted by atomic mass is 9.95. The van der Waals surface area contributed by atoms with Gasteiger partial charge >= 0.3 is 0 Å². The summed E-state index contributed by atoms with van der Waals surface area (Å²) in [5, 5.41) is 0. The molecular formula is C17H14F5NO. The van der Waals surface area contributed by atoms with Crippen LogP contribution in [0.4, 0.5) is 22.0 Å². The Labute approximate surface area is 135 Å². The molecule has 1 aliphatic heterocycles. The zero-order valence-electron chi connectivity index (χ0n) is 12.5. The Morgan fingerprint density at radius 1 is 0.750 bits per heavy atom. The molecule has 0 aliphatic carbocycles. The predicted molar refractivity (Wildman–Crippen MR) is 76.9 cm³/mol. The van der Waals surface area contributed by atoms with Crippen molar-refractivity contribution in [3.8, 4) is 0 Å². The molecular weight excluding hydrogens is 329 g/mol. The van der Waals surface area contributed by atoms with Gasteiger partial charge in [0.1, 0.15) is 0 Å². The van der Waals surface area contributed by atoms with E-state index in [0.717, 1.165) is 0 Å². The molecule has 0 spiro atoms. The van der Waals surface area contributed by atoms with Crippen molar-refractivity contribution in [3.05, 3.63) is 70.5 Å². The van der Waals surface area contributed by atoms with Crippen molar-refractivity contribution in [2.45, 2.75) is 6.04 Å². The number of hydrogen-bond acceptors (Lipinski definition) is 2. The summed E-state index contributed by atoms with van der Waals surface area (Å²) in [5.41, 5.74) is -0.387. The van der Waals surface area contributed by atoms with Crippen molar-refractivity contribution in [2.75, 3.05) is 26.3 Å². The average molecular weight is 343 g/mol. The Kier molecular flexibility index (Phi) is 4.82. The van der Waals surface area contributed by atoms with E-state index in [4.69, 9.17) is 4.74 Å². The lowest BCUT2D eigenvalue weighted by Crippen LogP contribution is -2.40. The number of hydrogen-bond donors (Lipinski definition) is 0. The van der Waals surface area contributed by atoms with Gasteiger partial charge in [-0.3, -0.25) is 4.90 Å². The molecule has 1 saturated heterocycles. The first-order valence-electron chi connectivity index (χ1n) is 7.40. The Bertz CT molecular complexity index is 703. The van der Waals surface area contributed by atoms with E-state index in [1.54, 1.807) is 35.2 Å². The maximum Gasteiger partial charge on any atom is 0.200 e. The fourth-order valence-electron chi connectivity index (χ4n) is 2.89. The second kappa shape index (κ2) is 6.86. The zero-order chi connectivity index (χ0) is 17.3. The maximum atomic E-state index is 14.3. The maximum absolute atomic E-state index is 14.3. The molecule has 2 aromatic rings. The van der Waals surface area contributed by atoms with Gasteiger partial charge in [0.2, 0.25) is 5.82 Å². The Balaban J connectivity index is 2.20. The lowest BCUT2D eigenvalue weighted by molar-refractivity contribution is 0.0223. The van der Waals surface area contributed by atoms with Gasteiger partial charge in [-0.1, -0.05) is 30.3 Å². The number of benzene rings is 2. The summed E-state index contributed by atoms with van der Waals surface area (Å²) in [5.74, 6) is -9.61. The van der Waals surface area contributed by atoms with Gasteiger partial charge in [-0.15, -0.1) is 0 Å². The van der Waals surface area contributed by atoms with E-state index >= 15 is 0 Å². The number of nitrogens with zero attached hydrogens (tertiary/aromatic N) is 1. The van der Waals surface area contributed by atoms with Crippen molar-refractivity contribution in [3.63, 3.8) is 0 Å². The van der Waals surface area contributed by atoms with Gasteiger partial charge in [-0.25, -0.2) is 22.0 Å². The largest absolute Gasteiger partial charge is 0.379 e. The van der Waals surface area contributed by atoms with Gasteiger partial charge in [0.15, 0.2) is 23.3 Å². The first kappa shape index (κ1) is 16.9. The normalized spacial score (nSPS) is 17.0. The molecule has 3 rings (SSSR count). The van der Waals surface area contributed by atoms with Gasteiger partial charge in [-0.2, -0.15) is 0 Å². The molecule has 1 aliphatic rings. The SMILES string of the molecule is Fc1c(F)c(F)c(C(c2ccccc2)N2CCOCC2)c(F)c1F. The minimum absolute atomic E-state index is 0.318. The first-order valence-corrected chi connectivity index (χ1v) is 7.40. The van der Waals surface area contributed by atoms with E-state index in [2.05, 4.69) is 0 Å². The molecule has 2 aromatic carbocycles. The lowest BCUT2D eigenvalue weighted by Gasteiger charge is -2.35. The van der Waals surface area contributed by atoms with E-state index in [1.807, 2.05) is 0 Å². The Morgan fingerprint density at radius 2 is 1.25 bits per heavy atom. The molecule has 0 amide bonds. The molecule has 7 heteroatoms. The molecule has 128 valence electrons. The molecule has 1 fully saturated rings. The van der Waals surface area contributed by atoms with E-state index < -0.39 is 40.7 Å². The van der Waals surface area contributed by atoms with Crippen LogP contribution in [0.3, 0.4) is 0 Å². The van der Waals surface area contributed by atoms with Crippen LogP contribution in [0.25, 0.3) is 0 Å². The molecule has 0 N–H and O–H groups in total. The summed E-state index contributed by atoms with van der Waals surface area (Å²) >= 11 is 0. The Hall–Kier alpha value is -1.99. The second-order valence-electron chi connectivity index (χ2n) is 5.45. The van der Waals surface area contributed by atoms with Crippen LogP contribution in [0.2, 0.25) is 0 Å². The molecule has 24 heavy (non-hydrogen) atoms. The third-order valence-corrected chi connectivity index (χ3v) is 4.04. The van der Waals surface area contributed by atoms with Crippen LogP contribution in [0, 0.1) is 29.1 Å². The smallest absolute Gasteiger partial charge is 0.200 e. The highest BCUT2D eigenvalue weighted by atomic mass is 19.2. The summed E-state index contributed by atoms with van der Waals surface area (Å²) in [7, 11) is 0. The summed E-state index contributed by atoms with van der Waals surface area (Å²) in [6, 6.07) is 7.11. The third kappa shape index (κ3) is 2.89. The summed E-state index contributed by atoms with van der Waals surface area (Å²) in [6.45, 7) is 1.27. The van der Waals surface area contributed by atoms with E-state index in [9.17, 15) is 22.0 Å². The zero-order valence-corrected chi connectivity index (χ0v) is 12.5. The van der Waals surface area contributed by atoms with Crippen LogP contribution in [0.15, 0.2) is 30.3 Å². The third-order valence-electron chi connectivity index (χ3n) is 4.04. The van der Waals surface area contributed by atoms with Crippen LogP contribution in [-0.4, -0.2) is 31.2 Å². The summed E-state index contributed by atoms with van der Waals surface area (Å²) in [4.78, 5) is 1.65. The fraction of sp³-hybridized carbons (Fsp3) is 0.294. The number of ether oxygens (including phenoxy) is 1. The fourth-order valence-corrected chi connectivity index (χ4v) is 2.89.